The molecule has 0 spiro atoms. The summed E-state index contributed by atoms with van der Waals surface area (Å²) in [6.07, 6.45) is 0.455. The summed E-state index contributed by atoms with van der Waals surface area (Å²) >= 11 is 0. The van der Waals surface area contributed by atoms with Crippen LogP contribution in [0.3, 0.4) is 0 Å². The molecule has 2 unspecified atom stereocenters. The van der Waals surface area contributed by atoms with E-state index in [9.17, 15) is 31.2 Å². The van der Waals surface area contributed by atoms with Crippen LogP contribution in [-0.4, -0.2) is 40.1 Å². The molecule has 1 rings (SSSR count). The van der Waals surface area contributed by atoms with Gasteiger partial charge in [0.05, 0.1) is 26.1 Å². The van der Waals surface area contributed by atoms with E-state index in [1.165, 1.54) is 13.8 Å². The number of hydrogen-bond acceptors (Lipinski definition) is 7. The number of carbonyl (C=O) groups excluding carboxylic acids is 2. The van der Waals surface area contributed by atoms with Gasteiger partial charge in [-0.15, -0.1) is 0 Å². The van der Waals surface area contributed by atoms with E-state index in [0.717, 1.165) is 20.3 Å². The van der Waals surface area contributed by atoms with Crippen molar-refractivity contribution in [2.24, 2.45) is 17.3 Å². The average molecular weight is 374 g/mol. The predicted molar refractivity (Wildman–Crippen MR) is 73.6 cm³/mol. The Morgan fingerprint density at radius 3 is 2.08 bits per heavy atom. The molecule has 138 valence electrons. The first-order valence-electron chi connectivity index (χ1n) is 6.65. The lowest BCUT2D eigenvalue weighted by Gasteiger charge is -2.40. The topological polar surface area (TPSA) is 96.0 Å². The van der Waals surface area contributed by atoms with Gasteiger partial charge in [-0.05, 0) is 11.5 Å². The molecule has 0 heterocycles. The molecule has 0 aromatic heterocycles. The van der Waals surface area contributed by atoms with Gasteiger partial charge in [0.25, 0.3) is 0 Å². The molecule has 24 heavy (non-hydrogen) atoms. The Hall–Kier alpha value is -1.78. The number of hydrogen-bond donors (Lipinski definition) is 0. The standard InChI is InChI=1S/C13H17F3O7S/c1-12(2)8(10(17)21-3)5-7(6-9(12)11(18)22-4)23-24(19,20)13(14,15)16/h5,8-9H,6H2,1-4H3. The second-order valence-corrected chi connectivity index (χ2v) is 7.26. The van der Waals surface area contributed by atoms with Crippen molar-refractivity contribution >= 4 is 22.1 Å². The summed E-state index contributed by atoms with van der Waals surface area (Å²) in [5, 5.41) is 0. The van der Waals surface area contributed by atoms with Gasteiger partial charge in [-0.1, -0.05) is 13.8 Å². The van der Waals surface area contributed by atoms with Crippen molar-refractivity contribution in [2.45, 2.75) is 25.8 Å². The number of esters is 2. The van der Waals surface area contributed by atoms with Gasteiger partial charge in [0, 0.05) is 6.42 Å². The Labute approximate surface area is 136 Å². The first-order valence-corrected chi connectivity index (χ1v) is 8.05. The fourth-order valence-corrected chi connectivity index (χ4v) is 2.93. The van der Waals surface area contributed by atoms with Gasteiger partial charge in [0.2, 0.25) is 0 Å². The highest BCUT2D eigenvalue weighted by molar-refractivity contribution is 7.87. The van der Waals surface area contributed by atoms with E-state index < -0.39 is 57.0 Å². The maximum absolute atomic E-state index is 12.5. The Bertz CT molecular complexity index is 649. The molecule has 0 aromatic carbocycles. The molecule has 2 atom stereocenters. The second kappa shape index (κ2) is 6.61. The maximum Gasteiger partial charge on any atom is 0.534 e. The summed E-state index contributed by atoms with van der Waals surface area (Å²) in [6.45, 7) is 3.03. The number of rotatable bonds is 4. The van der Waals surface area contributed by atoms with Crippen LogP contribution in [0, 0.1) is 17.3 Å². The van der Waals surface area contributed by atoms with Crippen LogP contribution in [0.15, 0.2) is 11.8 Å². The highest BCUT2D eigenvalue weighted by atomic mass is 32.2. The van der Waals surface area contributed by atoms with E-state index in [0.29, 0.717) is 0 Å². The van der Waals surface area contributed by atoms with Crippen molar-refractivity contribution in [1.29, 1.82) is 0 Å². The normalized spacial score (nSPS) is 23.9. The average Bonchev–Trinajstić information content (AvgIpc) is 2.45. The summed E-state index contributed by atoms with van der Waals surface area (Å²) in [6, 6.07) is 0. The molecule has 1 aliphatic carbocycles. The quantitative estimate of drug-likeness (QED) is 0.420. The van der Waals surface area contributed by atoms with Crippen molar-refractivity contribution in [2.75, 3.05) is 14.2 Å². The molecule has 0 bridgehead atoms. The molecular formula is C13H17F3O7S. The largest absolute Gasteiger partial charge is 0.534 e. The molecule has 0 radical (unpaired) electrons. The summed E-state index contributed by atoms with van der Waals surface area (Å²) in [4.78, 5) is 23.8. The zero-order valence-corrected chi connectivity index (χ0v) is 14.2. The van der Waals surface area contributed by atoms with Crippen molar-refractivity contribution in [3.63, 3.8) is 0 Å². The number of halogens is 3. The summed E-state index contributed by atoms with van der Waals surface area (Å²) in [5.41, 5.74) is -6.72. The minimum atomic E-state index is -5.92. The number of methoxy groups -OCH3 is 2. The Morgan fingerprint density at radius 2 is 1.67 bits per heavy atom. The molecule has 7 nitrogen and oxygen atoms in total. The number of alkyl halides is 3. The van der Waals surface area contributed by atoms with E-state index >= 15 is 0 Å². The smallest absolute Gasteiger partial charge is 0.469 e. The van der Waals surface area contributed by atoms with Gasteiger partial charge in [-0.25, -0.2) is 0 Å². The van der Waals surface area contributed by atoms with Gasteiger partial charge in [-0.3, -0.25) is 9.59 Å². The van der Waals surface area contributed by atoms with E-state index in [2.05, 4.69) is 13.7 Å². The number of allylic oxidation sites excluding steroid dienone is 1. The number of ether oxygens (including phenoxy) is 2. The maximum atomic E-state index is 12.5. The summed E-state index contributed by atoms with van der Waals surface area (Å²) in [5.74, 6) is -4.63. The van der Waals surface area contributed by atoms with E-state index in [1.807, 2.05) is 0 Å². The molecule has 0 saturated carbocycles. The van der Waals surface area contributed by atoms with Crippen LogP contribution in [0.25, 0.3) is 0 Å². The first kappa shape index (κ1) is 20.3. The van der Waals surface area contributed by atoms with Crippen LogP contribution < -0.4 is 0 Å². The first-order chi connectivity index (χ1) is 10.8. The third-order valence-corrected chi connectivity index (χ3v) is 4.90. The molecule has 0 amide bonds. The predicted octanol–water partition coefficient (Wildman–Crippen LogP) is 1.74. The van der Waals surface area contributed by atoms with Crippen LogP contribution in [0.4, 0.5) is 13.2 Å². The lowest BCUT2D eigenvalue weighted by atomic mass is 9.64. The molecule has 0 N–H and O–H groups in total. The van der Waals surface area contributed by atoms with Crippen LogP contribution in [-0.2, 0) is 33.4 Å². The second-order valence-electron chi connectivity index (χ2n) is 5.72. The van der Waals surface area contributed by atoms with Gasteiger partial charge in [0.1, 0.15) is 5.76 Å². The summed E-state index contributed by atoms with van der Waals surface area (Å²) < 4.78 is 72.9. The van der Waals surface area contributed by atoms with Crippen molar-refractivity contribution < 1.29 is 44.8 Å². The van der Waals surface area contributed by atoms with Gasteiger partial charge in [-0.2, -0.15) is 21.6 Å². The van der Waals surface area contributed by atoms with Gasteiger partial charge in [0.15, 0.2) is 0 Å². The van der Waals surface area contributed by atoms with Crippen molar-refractivity contribution in [3.8, 4) is 0 Å². The minimum absolute atomic E-state index is 0.470. The lowest BCUT2D eigenvalue weighted by molar-refractivity contribution is -0.157. The SMILES string of the molecule is COC(=O)C1C=C(OS(=O)(=O)C(F)(F)F)CC(C(=O)OC)C1(C)C. The molecular weight excluding hydrogens is 357 g/mol. The Kier molecular flexibility index (Phi) is 5.58. The molecule has 1 aliphatic rings. The fourth-order valence-electron chi connectivity index (χ4n) is 2.43. The van der Waals surface area contributed by atoms with Crippen LogP contribution in [0.2, 0.25) is 0 Å². The van der Waals surface area contributed by atoms with Crippen LogP contribution in [0.5, 0.6) is 0 Å². The van der Waals surface area contributed by atoms with Crippen LogP contribution in [0.1, 0.15) is 20.3 Å². The monoisotopic (exact) mass is 374 g/mol. The van der Waals surface area contributed by atoms with Gasteiger partial charge < -0.3 is 13.7 Å². The highest BCUT2D eigenvalue weighted by Gasteiger charge is 2.52. The third kappa shape index (κ3) is 3.82. The zero-order valence-electron chi connectivity index (χ0n) is 13.3. The van der Waals surface area contributed by atoms with Crippen LogP contribution >= 0.6 is 0 Å². The van der Waals surface area contributed by atoms with Crippen molar-refractivity contribution in [3.05, 3.63) is 11.8 Å². The summed E-state index contributed by atoms with van der Waals surface area (Å²) in [7, 11) is -3.80. The molecule has 0 fully saturated rings. The molecule has 11 heteroatoms. The minimum Gasteiger partial charge on any atom is -0.469 e. The molecule has 0 aliphatic heterocycles. The highest BCUT2D eigenvalue weighted by Crippen LogP contribution is 2.46. The number of carbonyl (C=O) groups is 2. The molecule has 0 saturated heterocycles. The Morgan fingerprint density at radius 1 is 1.17 bits per heavy atom. The fraction of sp³-hybridized carbons (Fsp3) is 0.692. The van der Waals surface area contributed by atoms with Gasteiger partial charge >= 0.3 is 27.6 Å². The van der Waals surface area contributed by atoms with E-state index in [-0.39, 0.29) is 0 Å². The zero-order chi connectivity index (χ0) is 18.9. The Balaban J connectivity index is 3.33. The molecule has 0 aromatic rings. The van der Waals surface area contributed by atoms with Crippen molar-refractivity contribution in [1.82, 2.24) is 0 Å². The lowest BCUT2D eigenvalue weighted by Crippen LogP contribution is -2.44. The van der Waals surface area contributed by atoms with E-state index in [1.54, 1.807) is 0 Å². The van der Waals surface area contributed by atoms with E-state index in [4.69, 9.17) is 0 Å². The third-order valence-electron chi connectivity index (χ3n) is 3.90.